The lowest BCUT2D eigenvalue weighted by Crippen LogP contribution is -2.25. The van der Waals surface area contributed by atoms with Crippen molar-refractivity contribution in [1.29, 1.82) is 0 Å². The molecule has 0 aliphatic heterocycles. The molecule has 0 N–H and O–H groups in total. The molecule has 0 aromatic heterocycles. The van der Waals surface area contributed by atoms with Gasteiger partial charge in [-0.2, -0.15) is 0 Å². The zero-order chi connectivity index (χ0) is 12.5. The van der Waals surface area contributed by atoms with E-state index in [0.717, 1.165) is 5.56 Å². The third-order valence-electron chi connectivity index (χ3n) is 4.08. The maximum atomic E-state index is 13.3. The molecule has 1 saturated carbocycles. The fraction of sp³-hybridized carbons (Fsp3) is 0.600. The Morgan fingerprint density at radius 2 is 1.88 bits per heavy atom. The van der Waals surface area contributed by atoms with Crippen molar-refractivity contribution in [1.82, 2.24) is 0 Å². The molecule has 1 aromatic carbocycles. The molecular weight excluding hydrogens is 235 g/mol. The van der Waals surface area contributed by atoms with Crippen molar-refractivity contribution in [3.05, 3.63) is 35.1 Å². The Balaban J connectivity index is 2.23. The van der Waals surface area contributed by atoms with Crippen molar-refractivity contribution < 1.29 is 4.39 Å². The van der Waals surface area contributed by atoms with Gasteiger partial charge in [0.15, 0.2) is 0 Å². The van der Waals surface area contributed by atoms with E-state index in [0.29, 0.717) is 5.56 Å². The molecule has 1 unspecified atom stereocenters. The fourth-order valence-electron chi connectivity index (χ4n) is 2.84. The second-order valence-corrected chi connectivity index (χ2v) is 6.02. The van der Waals surface area contributed by atoms with E-state index in [4.69, 9.17) is 11.6 Å². The summed E-state index contributed by atoms with van der Waals surface area (Å²) in [6.45, 7) is 4.06. The summed E-state index contributed by atoms with van der Waals surface area (Å²) < 4.78 is 13.3. The molecule has 0 radical (unpaired) electrons. The van der Waals surface area contributed by atoms with E-state index in [1.165, 1.54) is 38.2 Å². The Kier molecular flexibility index (Phi) is 3.77. The van der Waals surface area contributed by atoms with Gasteiger partial charge in [-0.05, 0) is 42.4 Å². The van der Waals surface area contributed by atoms with Crippen LogP contribution in [0.2, 0.25) is 0 Å². The van der Waals surface area contributed by atoms with Crippen molar-refractivity contribution in [2.24, 2.45) is 5.41 Å². The van der Waals surface area contributed by atoms with Gasteiger partial charge in [0.25, 0.3) is 0 Å². The molecule has 1 aliphatic rings. The van der Waals surface area contributed by atoms with Crippen LogP contribution < -0.4 is 0 Å². The van der Waals surface area contributed by atoms with E-state index in [-0.39, 0.29) is 16.6 Å². The van der Waals surface area contributed by atoms with Crippen LogP contribution in [0.4, 0.5) is 4.39 Å². The van der Waals surface area contributed by atoms with Crippen LogP contribution in [-0.2, 0) is 0 Å². The van der Waals surface area contributed by atoms with E-state index in [9.17, 15) is 4.39 Å². The molecule has 1 atom stereocenters. The summed E-state index contributed by atoms with van der Waals surface area (Å²) in [6, 6.07) is 5.26. The quantitative estimate of drug-likeness (QED) is 0.621. The number of alkyl halides is 1. The Hall–Kier alpha value is -0.560. The molecule has 2 heteroatoms. The maximum Gasteiger partial charge on any atom is 0.126 e. The van der Waals surface area contributed by atoms with Gasteiger partial charge in [-0.3, -0.25) is 0 Å². The van der Waals surface area contributed by atoms with Gasteiger partial charge in [0.1, 0.15) is 5.82 Å². The van der Waals surface area contributed by atoms with Crippen LogP contribution in [0, 0.1) is 18.2 Å². The number of benzene rings is 1. The maximum absolute atomic E-state index is 13.3. The molecule has 17 heavy (non-hydrogen) atoms. The standard InChI is InChI=1S/C15H20ClF/c1-11-10-12(6-7-13(11)17)14(16)15(2)8-4-3-5-9-15/h6-7,10,14H,3-5,8-9H2,1-2H3. The van der Waals surface area contributed by atoms with Crippen LogP contribution in [0.3, 0.4) is 0 Å². The molecule has 1 aliphatic carbocycles. The Morgan fingerprint density at radius 1 is 1.24 bits per heavy atom. The summed E-state index contributed by atoms with van der Waals surface area (Å²) in [6.07, 6.45) is 6.20. The zero-order valence-electron chi connectivity index (χ0n) is 10.6. The van der Waals surface area contributed by atoms with Crippen LogP contribution in [0.25, 0.3) is 0 Å². The smallest absolute Gasteiger partial charge is 0.126 e. The van der Waals surface area contributed by atoms with Crippen molar-refractivity contribution in [2.75, 3.05) is 0 Å². The molecule has 0 amide bonds. The fourth-order valence-corrected chi connectivity index (χ4v) is 3.19. The van der Waals surface area contributed by atoms with Gasteiger partial charge in [-0.25, -0.2) is 4.39 Å². The van der Waals surface area contributed by atoms with Gasteiger partial charge in [0, 0.05) is 0 Å². The van der Waals surface area contributed by atoms with E-state index >= 15 is 0 Å². The minimum Gasteiger partial charge on any atom is -0.207 e. The molecule has 0 nitrogen and oxygen atoms in total. The number of aryl methyl sites for hydroxylation is 1. The van der Waals surface area contributed by atoms with Crippen LogP contribution in [0.5, 0.6) is 0 Å². The Bertz CT molecular complexity index is 394. The van der Waals surface area contributed by atoms with Gasteiger partial charge in [0.2, 0.25) is 0 Å². The van der Waals surface area contributed by atoms with Gasteiger partial charge >= 0.3 is 0 Å². The molecule has 0 heterocycles. The lowest BCUT2D eigenvalue weighted by Gasteiger charge is -2.38. The second kappa shape index (κ2) is 4.97. The third kappa shape index (κ3) is 2.65. The predicted molar refractivity (Wildman–Crippen MR) is 70.9 cm³/mol. The van der Waals surface area contributed by atoms with Crippen molar-refractivity contribution in [3.63, 3.8) is 0 Å². The molecule has 1 fully saturated rings. The summed E-state index contributed by atoms with van der Waals surface area (Å²) in [5.41, 5.74) is 1.92. The second-order valence-electron chi connectivity index (χ2n) is 5.59. The predicted octanol–water partition coefficient (Wildman–Crippen LogP) is 5.38. The first kappa shape index (κ1) is 12.9. The summed E-state index contributed by atoms with van der Waals surface area (Å²) in [5.74, 6) is -0.147. The molecule has 0 bridgehead atoms. The van der Waals surface area contributed by atoms with Gasteiger partial charge in [-0.1, -0.05) is 38.3 Å². The lowest BCUT2D eigenvalue weighted by molar-refractivity contribution is 0.206. The van der Waals surface area contributed by atoms with Crippen LogP contribution in [-0.4, -0.2) is 0 Å². The highest BCUT2D eigenvalue weighted by molar-refractivity contribution is 6.21. The van der Waals surface area contributed by atoms with Crippen molar-refractivity contribution in [3.8, 4) is 0 Å². The Labute approximate surface area is 108 Å². The largest absolute Gasteiger partial charge is 0.207 e. The van der Waals surface area contributed by atoms with Crippen LogP contribution in [0.1, 0.15) is 55.5 Å². The first-order valence-electron chi connectivity index (χ1n) is 6.43. The monoisotopic (exact) mass is 254 g/mol. The average Bonchev–Trinajstić information content (AvgIpc) is 2.33. The first-order chi connectivity index (χ1) is 8.03. The number of hydrogen-bond acceptors (Lipinski definition) is 0. The summed E-state index contributed by atoms with van der Waals surface area (Å²) in [4.78, 5) is 0. The van der Waals surface area contributed by atoms with Crippen LogP contribution in [0.15, 0.2) is 18.2 Å². The van der Waals surface area contributed by atoms with Crippen molar-refractivity contribution in [2.45, 2.75) is 51.3 Å². The summed E-state index contributed by atoms with van der Waals surface area (Å²) >= 11 is 6.63. The summed E-state index contributed by atoms with van der Waals surface area (Å²) in [5, 5.41) is 0.00194. The van der Waals surface area contributed by atoms with E-state index in [1.807, 2.05) is 12.1 Å². The molecule has 2 rings (SSSR count). The van der Waals surface area contributed by atoms with E-state index < -0.39 is 0 Å². The average molecular weight is 255 g/mol. The molecule has 1 aromatic rings. The molecule has 0 saturated heterocycles. The van der Waals surface area contributed by atoms with Gasteiger partial charge in [-0.15, -0.1) is 11.6 Å². The number of rotatable bonds is 2. The lowest BCUT2D eigenvalue weighted by atomic mass is 9.71. The van der Waals surface area contributed by atoms with E-state index in [2.05, 4.69) is 6.92 Å². The highest BCUT2D eigenvalue weighted by atomic mass is 35.5. The zero-order valence-corrected chi connectivity index (χ0v) is 11.4. The molecule has 0 spiro atoms. The molecule has 94 valence electrons. The minimum absolute atomic E-state index is 0.00194. The third-order valence-corrected chi connectivity index (χ3v) is 4.86. The van der Waals surface area contributed by atoms with Gasteiger partial charge in [0.05, 0.1) is 5.38 Å². The van der Waals surface area contributed by atoms with Crippen molar-refractivity contribution >= 4 is 11.6 Å². The van der Waals surface area contributed by atoms with Gasteiger partial charge < -0.3 is 0 Å². The highest BCUT2D eigenvalue weighted by Crippen LogP contribution is 2.49. The SMILES string of the molecule is Cc1cc(C(Cl)C2(C)CCCCC2)ccc1F. The topological polar surface area (TPSA) is 0 Å². The minimum atomic E-state index is -0.147. The normalized spacial score (nSPS) is 21.2. The van der Waals surface area contributed by atoms with Crippen LogP contribution >= 0.6 is 11.6 Å². The summed E-state index contributed by atoms with van der Waals surface area (Å²) in [7, 11) is 0. The number of hydrogen-bond donors (Lipinski definition) is 0. The first-order valence-corrected chi connectivity index (χ1v) is 6.87. The van der Waals surface area contributed by atoms with E-state index in [1.54, 1.807) is 6.92 Å². The molecular formula is C15H20ClF. The Morgan fingerprint density at radius 3 is 2.47 bits per heavy atom. The number of halogens is 2. The highest BCUT2D eigenvalue weighted by Gasteiger charge is 2.35.